The first-order valence-corrected chi connectivity index (χ1v) is 8.24. The summed E-state index contributed by atoms with van der Waals surface area (Å²) in [6, 6.07) is 3.37. The Balaban J connectivity index is 1.87. The van der Waals surface area contributed by atoms with Gasteiger partial charge in [-0.15, -0.1) is 0 Å². The molecule has 0 saturated carbocycles. The van der Waals surface area contributed by atoms with Crippen LogP contribution in [-0.4, -0.2) is 56.0 Å². The maximum atomic E-state index is 12.0. The fourth-order valence-electron chi connectivity index (χ4n) is 3.08. The van der Waals surface area contributed by atoms with Gasteiger partial charge in [-0.2, -0.15) is 5.10 Å². The van der Waals surface area contributed by atoms with E-state index in [0.29, 0.717) is 30.7 Å². The van der Waals surface area contributed by atoms with Crippen LogP contribution in [0.2, 0.25) is 0 Å². The van der Waals surface area contributed by atoms with Crippen LogP contribution < -0.4 is 5.46 Å². The number of carbonyl (C=O) groups is 1. The lowest BCUT2D eigenvalue weighted by Crippen LogP contribution is -2.41. The molecule has 0 atom stereocenters. The highest BCUT2D eigenvalue weighted by Gasteiger charge is 2.27. The molecule has 0 aliphatic carbocycles. The minimum absolute atomic E-state index is 0.100. The van der Waals surface area contributed by atoms with Crippen LogP contribution in [0.5, 0.6) is 0 Å². The van der Waals surface area contributed by atoms with Crippen molar-refractivity contribution in [2.24, 2.45) is 7.05 Å². The van der Waals surface area contributed by atoms with Crippen LogP contribution >= 0.6 is 0 Å². The summed E-state index contributed by atoms with van der Waals surface area (Å²) in [6.07, 6.45) is 2.52. The fourth-order valence-corrected chi connectivity index (χ4v) is 3.08. The molecule has 0 radical (unpaired) electrons. The Morgan fingerprint density at radius 1 is 1.44 bits per heavy atom. The zero-order chi connectivity index (χ0) is 18.0. The monoisotopic (exact) mass is 344 g/mol. The van der Waals surface area contributed by atoms with Crippen LogP contribution in [0.3, 0.4) is 0 Å². The van der Waals surface area contributed by atoms with Gasteiger partial charge in [-0.1, -0.05) is 0 Å². The van der Waals surface area contributed by atoms with Crippen molar-refractivity contribution in [1.82, 2.24) is 19.7 Å². The maximum absolute atomic E-state index is 12.0. The highest BCUT2D eigenvalue weighted by molar-refractivity contribution is 6.59. The first-order chi connectivity index (χ1) is 12.0. The van der Waals surface area contributed by atoms with Crippen LogP contribution in [0, 0.1) is 0 Å². The molecule has 1 aliphatic rings. The number of hydrogen-bond acceptors (Lipinski definition) is 7. The highest BCUT2D eigenvalue weighted by Crippen LogP contribution is 2.19. The molecule has 0 amide bonds. The number of esters is 1. The van der Waals surface area contributed by atoms with E-state index >= 15 is 0 Å². The maximum Gasteiger partial charge on any atom is 0.488 e. The van der Waals surface area contributed by atoms with Crippen molar-refractivity contribution in [3.05, 3.63) is 41.0 Å². The lowest BCUT2D eigenvalue weighted by molar-refractivity contribution is 0.0518. The molecule has 0 saturated heterocycles. The molecule has 132 valence electrons. The quantitative estimate of drug-likeness (QED) is 0.543. The van der Waals surface area contributed by atoms with E-state index in [0.717, 1.165) is 17.8 Å². The third-order valence-corrected chi connectivity index (χ3v) is 4.21. The van der Waals surface area contributed by atoms with Crippen molar-refractivity contribution >= 4 is 18.6 Å². The normalized spacial score (nSPS) is 14.2. The van der Waals surface area contributed by atoms with Crippen molar-refractivity contribution in [3.8, 4) is 0 Å². The minimum atomic E-state index is -1.65. The lowest BCUT2D eigenvalue weighted by Gasteiger charge is -2.29. The Morgan fingerprint density at radius 3 is 2.88 bits per heavy atom. The Kier molecular flexibility index (Phi) is 5.17. The Hall–Kier alpha value is -2.23. The molecule has 3 rings (SSSR count). The first kappa shape index (κ1) is 17.6. The SMILES string of the molecule is CCOC(=O)c1cc(B(O)O)c2c(n1)CN(Cc1ccn(C)n1)CC2. The number of rotatable bonds is 5. The molecule has 25 heavy (non-hydrogen) atoms. The third kappa shape index (κ3) is 3.89. The zero-order valence-corrected chi connectivity index (χ0v) is 14.3. The van der Waals surface area contributed by atoms with Gasteiger partial charge in [-0.25, -0.2) is 9.78 Å². The molecule has 8 nitrogen and oxygen atoms in total. The summed E-state index contributed by atoms with van der Waals surface area (Å²) in [5.41, 5.74) is 2.85. The fraction of sp³-hybridized carbons (Fsp3) is 0.438. The molecule has 9 heteroatoms. The zero-order valence-electron chi connectivity index (χ0n) is 14.3. The van der Waals surface area contributed by atoms with Gasteiger partial charge in [0, 0.05) is 32.9 Å². The van der Waals surface area contributed by atoms with E-state index in [-0.39, 0.29) is 12.3 Å². The van der Waals surface area contributed by atoms with Gasteiger partial charge in [0.2, 0.25) is 0 Å². The van der Waals surface area contributed by atoms with Gasteiger partial charge in [-0.05, 0) is 36.5 Å². The summed E-state index contributed by atoms with van der Waals surface area (Å²) >= 11 is 0. The van der Waals surface area contributed by atoms with Crippen molar-refractivity contribution in [1.29, 1.82) is 0 Å². The second-order valence-corrected chi connectivity index (χ2v) is 6.06. The van der Waals surface area contributed by atoms with Gasteiger partial charge in [-0.3, -0.25) is 9.58 Å². The van der Waals surface area contributed by atoms with Gasteiger partial charge < -0.3 is 14.8 Å². The average molecular weight is 344 g/mol. The van der Waals surface area contributed by atoms with Gasteiger partial charge >= 0.3 is 13.1 Å². The third-order valence-electron chi connectivity index (χ3n) is 4.21. The summed E-state index contributed by atoms with van der Waals surface area (Å²) < 4.78 is 6.74. The van der Waals surface area contributed by atoms with Gasteiger partial charge in [0.05, 0.1) is 18.0 Å². The number of pyridine rings is 1. The number of aryl methyl sites for hydroxylation is 1. The van der Waals surface area contributed by atoms with Gasteiger partial charge in [0.25, 0.3) is 0 Å². The average Bonchev–Trinajstić information content (AvgIpc) is 2.98. The van der Waals surface area contributed by atoms with Crippen LogP contribution in [0.15, 0.2) is 18.3 Å². The molecule has 0 fully saturated rings. The second-order valence-electron chi connectivity index (χ2n) is 6.06. The number of carbonyl (C=O) groups excluding carboxylic acids is 1. The molecular formula is C16H21BN4O4. The van der Waals surface area contributed by atoms with E-state index in [1.807, 2.05) is 19.3 Å². The number of ether oxygens (including phenoxy) is 1. The van der Waals surface area contributed by atoms with E-state index in [4.69, 9.17) is 4.74 Å². The van der Waals surface area contributed by atoms with Crippen LogP contribution in [0.4, 0.5) is 0 Å². The Morgan fingerprint density at radius 2 is 2.24 bits per heavy atom. The van der Waals surface area contributed by atoms with Crippen LogP contribution in [0.25, 0.3) is 0 Å². The van der Waals surface area contributed by atoms with Crippen LogP contribution in [-0.2, 0) is 31.3 Å². The summed E-state index contributed by atoms with van der Waals surface area (Å²) in [5.74, 6) is -0.561. The van der Waals surface area contributed by atoms with Gasteiger partial charge in [0.15, 0.2) is 0 Å². The Labute approximate surface area is 146 Å². The van der Waals surface area contributed by atoms with E-state index in [1.165, 1.54) is 6.07 Å². The summed E-state index contributed by atoms with van der Waals surface area (Å²) in [6.45, 7) is 3.89. The molecule has 0 aromatic carbocycles. The van der Waals surface area contributed by atoms with Crippen molar-refractivity contribution in [3.63, 3.8) is 0 Å². The number of aromatic nitrogens is 3. The van der Waals surface area contributed by atoms with E-state index < -0.39 is 13.1 Å². The summed E-state index contributed by atoms with van der Waals surface area (Å²) in [7, 11) is 0.226. The van der Waals surface area contributed by atoms with Crippen LogP contribution in [0.1, 0.15) is 34.4 Å². The first-order valence-electron chi connectivity index (χ1n) is 8.24. The summed E-state index contributed by atoms with van der Waals surface area (Å²) in [5, 5.41) is 23.7. The van der Waals surface area contributed by atoms with Gasteiger partial charge in [0.1, 0.15) is 5.69 Å². The standard InChI is InChI=1S/C16H21BN4O4/c1-3-25-16(22)14-8-13(17(23)24)12-5-7-21(10-15(12)18-14)9-11-4-6-20(2)19-11/h4,6,8,23-24H,3,5,7,9-10H2,1-2H3. The molecular weight excluding hydrogens is 323 g/mol. The largest absolute Gasteiger partial charge is 0.488 e. The second kappa shape index (κ2) is 7.34. The molecule has 2 aromatic heterocycles. The van der Waals surface area contributed by atoms with E-state index in [1.54, 1.807) is 11.6 Å². The number of hydrogen-bond donors (Lipinski definition) is 2. The molecule has 0 bridgehead atoms. The van der Waals surface area contributed by atoms with Crippen molar-refractivity contribution < 1.29 is 19.6 Å². The molecule has 1 aliphatic heterocycles. The number of fused-ring (bicyclic) bond motifs is 1. The molecule has 3 heterocycles. The molecule has 2 N–H and O–H groups in total. The van der Waals surface area contributed by atoms with Crippen molar-refractivity contribution in [2.45, 2.75) is 26.4 Å². The number of nitrogens with zero attached hydrogens (tertiary/aromatic N) is 4. The highest BCUT2D eigenvalue weighted by atomic mass is 16.5. The predicted octanol–water partition coefficient (Wildman–Crippen LogP) is -0.770. The molecule has 0 spiro atoms. The van der Waals surface area contributed by atoms with Crippen molar-refractivity contribution in [2.75, 3.05) is 13.2 Å². The Bertz CT molecular complexity index is 777. The van der Waals surface area contributed by atoms with E-state index in [9.17, 15) is 14.8 Å². The summed E-state index contributed by atoms with van der Waals surface area (Å²) in [4.78, 5) is 18.6. The molecule has 2 aromatic rings. The molecule has 0 unspecified atom stereocenters. The minimum Gasteiger partial charge on any atom is -0.461 e. The van der Waals surface area contributed by atoms with E-state index in [2.05, 4.69) is 15.0 Å². The smallest absolute Gasteiger partial charge is 0.461 e. The topological polar surface area (TPSA) is 101 Å². The lowest BCUT2D eigenvalue weighted by atomic mass is 9.75. The predicted molar refractivity (Wildman–Crippen MR) is 91.0 cm³/mol.